The largest absolute Gasteiger partial charge is 0.480 e. The number of carboxylic acids is 1. The maximum Gasteiger partial charge on any atom is 0.329 e. The summed E-state index contributed by atoms with van der Waals surface area (Å²) >= 11 is 0. The molecular weight excluding hydrogens is 282 g/mol. The monoisotopic (exact) mass is 299 g/mol. The first-order valence-electron chi connectivity index (χ1n) is 6.56. The highest BCUT2D eigenvalue weighted by atomic mass is 16.5. The molecule has 10 heteroatoms. The molecule has 0 bridgehead atoms. The number of nitrogens with zero attached hydrogens (tertiary/aromatic N) is 4. The second-order valence-electron chi connectivity index (χ2n) is 4.60. The van der Waals surface area contributed by atoms with Crippen molar-refractivity contribution >= 4 is 11.9 Å². The van der Waals surface area contributed by atoms with Gasteiger partial charge in [0.05, 0.1) is 19.2 Å². The Morgan fingerprint density at radius 2 is 2.38 bits per heavy atom. The van der Waals surface area contributed by atoms with Gasteiger partial charge in [-0.25, -0.2) is 9.48 Å². The van der Waals surface area contributed by atoms with E-state index in [1.807, 2.05) is 0 Å². The predicted octanol–water partition coefficient (Wildman–Crippen LogP) is -1.56. The first kappa shape index (κ1) is 15.3. The Hall–Kier alpha value is -2.07. The Morgan fingerprint density at radius 3 is 3.10 bits per heavy atom. The lowest BCUT2D eigenvalue weighted by atomic mass is 10.1. The molecule has 1 aromatic rings. The lowest BCUT2D eigenvalue weighted by Gasteiger charge is -2.31. The fourth-order valence-corrected chi connectivity index (χ4v) is 2.00. The molecule has 1 fully saturated rings. The van der Waals surface area contributed by atoms with Gasteiger partial charge in [-0.3, -0.25) is 4.79 Å². The summed E-state index contributed by atoms with van der Waals surface area (Å²) in [5.41, 5.74) is 0. The lowest BCUT2D eigenvalue weighted by Crippen LogP contribution is -2.50. The van der Waals surface area contributed by atoms with E-state index in [0.717, 1.165) is 0 Å². The van der Waals surface area contributed by atoms with Gasteiger partial charge in [-0.2, -0.15) is 0 Å². The summed E-state index contributed by atoms with van der Waals surface area (Å²) in [6.07, 6.45) is 1.79. The minimum atomic E-state index is -1.05. The maximum atomic E-state index is 11.9. The summed E-state index contributed by atoms with van der Waals surface area (Å²) in [5.74, 6) is -1.22. The van der Waals surface area contributed by atoms with Crippen molar-refractivity contribution in [2.45, 2.75) is 31.5 Å². The molecule has 1 aliphatic heterocycles. The van der Waals surface area contributed by atoms with Crippen LogP contribution in [0.4, 0.5) is 0 Å². The van der Waals surface area contributed by atoms with Gasteiger partial charge in [-0.15, -0.1) is 5.10 Å². The number of nitrogens with one attached hydrogen (secondary N) is 1. The number of aromatic nitrogens is 4. The highest BCUT2D eigenvalue weighted by molar-refractivity contribution is 5.76. The molecule has 2 atom stereocenters. The van der Waals surface area contributed by atoms with Crippen LogP contribution < -0.4 is 5.32 Å². The zero-order valence-electron chi connectivity index (χ0n) is 11.3. The number of aliphatic carboxylic acids is 1. The number of carbonyl (C=O) groups is 2. The highest BCUT2D eigenvalue weighted by Crippen LogP contribution is 2.11. The molecule has 21 heavy (non-hydrogen) atoms. The van der Waals surface area contributed by atoms with Gasteiger partial charge in [-0.1, -0.05) is 0 Å². The molecule has 116 valence electrons. The van der Waals surface area contributed by atoms with Gasteiger partial charge in [0.2, 0.25) is 5.91 Å². The van der Waals surface area contributed by atoms with Gasteiger partial charge >= 0.3 is 5.97 Å². The van der Waals surface area contributed by atoms with Crippen LogP contribution in [0.25, 0.3) is 0 Å². The van der Waals surface area contributed by atoms with Crippen LogP contribution in [0.2, 0.25) is 0 Å². The van der Waals surface area contributed by atoms with E-state index in [0.29, 0.717) is 19.6 Å². The molecule has 10 nitrogen and oxygen atoms in total. The maximum absolute atomic E-state index is 11.9. The van der Waals surface area contributed by atoms with Gasteiger partial charge in [0, 0.05) is 13.0 Å². The van der Waals surface area contributed by atoms with E-state index in [2.05, 4.69) is 20.8 Å². The van der Waals surface area contributed by atoms with Gasteiger partial charge < -0.3 is 19.9 Å². The third kappa shape index (κ3) is 5.08. The summed E-state index contributed by atoms with van der Waals surface area (Å²) in [6.45, 7) is 0.740. The van der Waals surface area contributed by atoms with E-state index >= 15 is 0 Å². The Balaban J connectivity index is 1.77. The van der Waals surface area contributed by atoms with Crippen LogP contribution in [0.3, 0.4) is 0 Å². The van der Waals surface area contributed by atoms with Crippen molar-refractivity contribution in [1.29, 1.82) is 0 Å². The van der Waals surface area contributed by atoms with Crippen molar-refractivity contribution < 1.29 is 24.2 Å². The zero-order chi connectivity index (χ0) is 15.1. The van der Waals surface area contributed by atoms with E-state index in [4.69, 9.17) is 14.6 Å². The van der Waals surface area contributed by atoms with Crippen LogP contribution in [0, 0.1) is 0 Å². The molecule has 0 spiro atoms. The molecule has 1 saturated heterocycles. The van der Waals surface area contributed by atoms with E-state index in [1.54, 1.807) is 0 Å². The van der Waals surface area contributed by atoms with Gasteiger partial charge in [0.15, 0.2) is 0 Å². The predicted molar refractivity (Wildman–Crippen MR) is 67.2 cm³/mol. The van der Waals surface area contributed by atoms with Crippen molar-refractivity contribution in [3.63, 3.8) is 0 Å². The third-order valence-electron chi connectivity index (χ3n) is 3.03. The quantitative estimate of drug-likeness (QED) is 0.618. The van der Waals surface area contributed by atoms with Gasteiger partial charge in [0.1, 0.15) is 19.0 Å². The summed E-state index contributed by atoms with van der Waals surface area (Å²) in [4.78, 5) is 22.4. The minimum absolute atomic E-state index is 0.165. The molecule has 1 amide bonds. The van der Waals surface area contributed by atoms with Crippen LogP contribution in [0.15, 0.2) is 6.33 Å². The van der Waals surface area contributed by atoms with Crippen LogP contribution in [0.1, 0.15) is 12.8 Å². The first-order valence-corrected chi connectivity index (χ1v) is 6.56. The second kappa shape index (κ2) is 7.64. The summed E-state index contributed by atoms with van der Waals surface area (Å²) in [5, 5.41) is 22.1. The minimum Gasteiger partial charge on any atom is -0.480 e. The number of carbonyl (C=O) groups excluding carboxylic acids is 1. The molecule has 0 unspecified atom stereocenters. The molecule has 0 radical (unpaired) electrons. The Bertz CT molecular complexity index is 466. The van der Waals surface area contributed by atoms with Crippen molar-refractivity contribution in [2.24, 2.45) is 0 Å². The van der Waals surface area contributed by atoms with Crippen LogP contribution in [0.5, 0.6) is 0 Å². The highest BCUT2D eigenvalue weighted by Gasteiger charge is 2.28. The number of rotatable bonds is 7. The molecule has 0 aromatic carbocycles. The SMILES string of the molecule is O=C(O)CO[C@@H]1COCC[C@H]1NC(=O)CCn1cnnn1. The lowest BCUT2D eigenvalue weighted by molar-refractivity contribution is -0.149. The van der Waals surface area contributed by atoms with Gasteiger partial charge in [0.25, 0.3) is 0 Å². The fourth-order valence-electron chi connectivity index (χ4n) is 2.00. The van der Waals surface area contributed by atoms with Crippen LogP contribution in [-0.2, 0) is 25.6 Å². The zero-order valence-corrected chi connectivity index (χ0v) is 11.3. The van der Waals surface area contributed by atoms with Crippen molar-refractivity contribution in [2.75, 3.05) is 19.8 Å². The fraction of sp³-hybridized carbons (Fsp3) is 0.727. The number of aryl methyl sites for hydroxylation is 1. The number of amides is 1. The Kier molecular flexibility index (Phi) is 5.58. The van der Waals surface area contributed by atoms with Crippen LogP contribution >= 0.6 is 0 Å². The molecule has 2 N–H and O–H groups in total. The number of carboxylic acid groups (broad SMARTS) is 1. The van der Waals surface area contributed by atoms with E-state index in [-0.39, 0.29) is 25.0 Å². The van der Waals surface area contributed by atoms with E-state index in [9.17, 15) is 9.59 Å². The Morgan fingerprint density at radius 1 is 1.52 bits per heavy atom. The molecular formula is C11H17N5O5. The molecule has 2 heterocycles. The van der Waals surface area contributed by atoms with Crippen molar-refractivity contribution in [3.8, 4) is 0 Å². The number of hydrogen-bond acceptors (Lipinski definition) is 7. The first-order chi connectivity index (χ1) is 10.1. The number of hydrogen-bond donors (Lipinski definition) is 2. The molecule has 1 aromatic heterocycles. The normalized spacial score (nSPS) is 21.9. The molecule has 2 rings (SSSR count). The molecule has 1 aliphatic rings. The average molecular weight is 299 g/mol. The second-order valence-corrected chi connectivity index (χ2v) is 4.60. The van der Waals surface area contributed by atoms with E-state index in [1.165, 1.54) is 11.0 Å². The number of ether oxygens (including phenoxy) is 2. The summed E-state index contributed by atoms with van der Waals surface area (Å²) in [7, 11) is 0. The average Bonchev–Trinajstić information content (AvgIpc) is 2.97. The molecule has 0 saturated carbocycles. The van der Waals surface area contributed by atoms with Crippen molar-refractivity contribution in [3.05, 3.63) is 6.33 Å². The van der Waals surface area contributed by atoms with E-state index < -0.39 is 18.7 Å². The third-order valence-corrected chi connectivity index (χ3v) is 3.03. The van der Waals surface area contributed by atoms with Crippen molar-refractivity contribution in [1.82, 2.24) is 25.5 Å². The topological polar surface area (TPSA) is 128 Å². The van der Waals surface area contributed by atoms with Crippen LogP contribution in [-0.4, -0.2) is 69.2 Å². The summed E-state index contributed by atoms with van der Waals surface area (Å²) < 4.78 is 11.9. The van der Waals surface area contributed by atoms with Gasteiger partial charge in [-0.05, 0) is 16.8 Å². The smallest absolute Gasteiger partial charge is 0.329 e. The number of tetrazole rings is 1. The Labute approximate surface area is 120 Å². The standard InChI is InChI=1S/C11H17N5O5/c17-10(1-3-16-7-12-14-15-16)13-8-2-4-20-5-9(8)21-6-11(18)19/h7-9H,1-6H2,(H,13,17)(H,18,19)/t8-,9-/m1/s1. The summed E-state index contributed by atoms with van der Waals surface area (Å²) in [6, 6.07) is -0.250. The molecule has 0 aliphatic carbocycles.